The van der Waals surface area contributed by atoms with Crippen LogP contribution in [0.2, 0.25) is 0 Å². The third kappa shape index (κ3) is 5.59. The lowest BCUT2D eigenvalue weighted by atomic mass is 9.87. The molecule has 3 aromatic carbocycles. The van der Waals surface area contributed by atoms with E-state index in [-0.39, 0.29) is 17.9 Å². The summed E-state index contributed by atoms with van der Waals surface area (Å²) in [6.45, 7) is 2.97. The summed E-state index contributed by atoms with van der Waals surface area (Å²) in [7, 11) is 0. The number of amides is 2. The predicted octanol–water partition coefficient (Wildman–Crippen LogP) is 5.34. The molecule has 2 heterocycles. The monoisotopic (exact) mass is 505 g/mol. The second kappa shape index (κ2) is 11.7. The Morgan fingerprint density at radius 3 is 2.39 bits per heavy atom. The second-order valence-electron chi connectivity index (χ2n) is 9.38. The summed E-state index contributed by atoms with van der Waals surface area (Å²) >= 11 is 0. The van der Waals surface area contributed by atoms with Gasteiger partial charge in [0.2, 0.25) is 0 Å². The molecule has 1 aromatic heterocycles. The number of carbonyl (C=O) groups excluding carboxylic acids is 2. The molecule has 5 rings (SSSR count). The first-order valence-corrected chi connectivity index (χ1v) is 13.0. The number of rotatable bonds is 8. The zero-order valence-corrected chi connectivity index (χ0v) is 21.4. The van der Waals surface area contributed by atoms with E-state index in [0.717, 1.165) is 23.1 Å². The molecule has 6 nitrogen and oxygen atoms in total. The highest BCUT2D eigenvalue weighted by atomic mass is 16.5. The molecule has 2 atom stereocenters. The van der Waals surface area contributed by atoms with Crippen LogP contribution < -0.4 is 10.1 Å². The largest absolute Gasteiger partial charge is 0.481 e. The molecule has 0 fully saturated rings. The molecule has 0 radical (unpaired) electrons. The quantitative estimate of drug-likeness (QED) is 0.351. The highest BCUT2D eigenvalue weighted by Gasteiger charge is 2.33. The molecule has 192 valence electrons. The van der Waals surface area contributed by atoms with Crippen LogP contribution >= 0.6 is 0 Å². The molecule has 0 spiro atoms. The zero-order chi connectivity index (χ0) is 26.3. The van der Waals surface area contributed by atoms with E-state index in [1.807, 2.05) is 84.6 Å². The van der Waals surface area contributed by atoms with Gasteiger partial charge in [0.1, 0.15) is 5.75 Å². The van der Waals surface area contributed by atoms with Crippen molar-refractivity contribution in [1.29, 1.82) is 0 Å². The van der Waals surface area contributed by atoms with Crippen molar-refractivity contribution in [3.63, 3.8) is 0 Å². The summed E-state index contributed by atoms with van der Waals surface area (Å²) in [5.74, 6) is 0.450. The average molecular weight is 506 g/mol. The van der Waals surface area contributed by atoms with Gasteiger partial charge in [0, 0.05) is 31.0 Å². The van der Waals surface area contributed by atoms with Crippen LogP contribution in [-0.2, 0) is 17.8 Å². The van der Waals surface area contributed by atoms with E-state index in [1.54, 1.807) is 12.4 Å². The van der Waals surface area contributed by atoms with Gasteiger partial charge in [-0.2, -0.15) is 0 Å². The number of carbonyl (C=O) groups is 2. The van der Waals surface area contributed by atoms with E-state index in [9.17, 15) is 9.59 Å². The molecule has 4 aromatic rings. The van der Waals surface area contributed by atoms with Gasteiger partial charge in [0.25, 0.3) is 11.8 Å². The normalized spacial score (nSPS) is 15.3. The number of fused-ring (bicyclic) bond motifs is 1. The van der Waals surface area contributed by atoms with Crippen molar-refractivity contribution in [2.45, 2.75) is 38.5 Å². The second-order valence-corrected chi connectivity index (χ2v) is 9.38. The van der Waals surface area contributed by atoms with Crippen LogP contribution in [0.3, 0.4) is 0 Å². The van der Waals surface area contributed by atoms with Crippen molar-refractivity contribution in [3.8, 4) is 5.75 Å². The summed E-state index contributed by atoms with van der Waals surface area (Å²) in [5.41, 5.74) is 4.89. The van der Waals surface area contributed by atoms with E-state index in [0.29, 0.717) is 30.8 Å². The number of benzene rings is 3. The minimum Gasteiger partial charge on any atom is -0.481 e. The Morgan fingerprint density at radius 2 is 1.68 bits per heavy atom. The first-order valence-electron chi connectivity index (χ1n) is 13.0. The Morgan fingerprint density at radius 1 is 0.974 bits per heavy atom. The number of aromatic nitrogens is 1. The van der Waals surface area contributed by atoms with Crippen LogP contribution in [0, 0.1) is 0 Å². The van der Waals surface area contributed by atoms with Crippen LogP contribution in [0.4, 0.5) is 0 Å². The van der Waals surface area contributed by atoms with Crippen LogP contribution in [-0.4, -0.2) is 34.3 Å². The Labute approximate surface area is 223 Å². The highest BCUT2D eigenvalue weighted by molar-refractivity contribution is 5.95. The van der Waals surface area contributed by atoms with Gasteiger partial charge in [-0.05, 0) is 71.5 Å². The SMILES string of the molecule is CCC(Oc1ccc2c(c1)C(c1ccccc1)N(C(=O)c1ccccc1)CC2)C(=O)NCc1ccncc1. The fourth-order valence-corrected chi connectivity index (χ4v) is 4.92. The maximum atomic E-state index is 13.6. The van der Waals surface area contributed by atoms with Crippen LogP contribution in [0.25, 0.3) is 0 Å². The third-order valence-electron chi connectivity index (χ3n) is 6.90. The van der Waals surface area contributed by atoms with Crippen molar-refractivity contribution in [3.05, 3.63) is 131 Å². The summed E-state index contributed by atoms with van der Waals surface area (Å²) in [4.78, 5) is 32.5. The average Bonchev–Trinajstić information content (AvgIpc) is 2.99. The molecule has 0 aliphatic carbocycles. The standard InChI is InChI=1S/C32H31N3O3/c1-2-29(31(36)34-22-23-15-18-33-19-16-23)38-27-14-13-24-17-20-35(32(37)26-11-7-4-8-12-26)30(28(24)21-27)25-9-5-3-6-10-25/h3-16,18-19,21,29-30H,2,17,20,22H2,1H3,(H,34,36). The molecule has 38 heavy (non-hydrogen) atoms. The van der Waals surface area contributed by atoms with Crippen LogP contribution in [0.15, 0.2) is 103 Å². The summed E-state index contributed by atoms with van der Waals surface area (Å²) in [6.07, 6.45) is 4.06. The van der Waals surface area contributed by atoms with E-state index >= 15 is 0 Å². The van der Waals surface area contributed by atoms with Crippen molar-refractivity contribution < 1.29 is 14.3 Å². The van der Waals surface area contributed by atoms with Gasteiger partial charge in [0.15, 0.2) is 6.10 Å². The van der Waals surface area contributed by atoms with Crippen LogP contribution in [0.5, 0.6) is 5.75 Å². The molecule has 1 aliphatic heterocycles. The lowest BCUT2D eigenvalue weighted by Gasteiger charge is -2.38. The number of hydrogen-bond donors (Lipinski definition) is 1. The van der Waals surface area contributed by atoms with Crippen molar-refractivity contribution in [2.75, 3.05) is 6.54 Å². The first kappa shape index (κ1) is 25.2. The molecule has 1 N–H and O–H groups in total. The molecular formula is C32H31N3O3. The smallest absolute Gasteiger partial charge is 0.261 e. The summed E-state index contributed by atoms with van der Waals surface area (Å²) in [5, 5.41) is 2.96. The third-order valence-corrected chi connectivity index (χ3v) is 6.90. The fourth-order valence-electron chi connectivity index (χ4n) is 4.92. The van der Waals surface area contributed by atoms with Gasteiger partial charge in [-0.1, -0.05) is 61.5 Å². The summed E-state index contributed by atoms with van der Waals surface area (Å²) in [6, 6.07) is 29.0. The molecule has 0 saturated heterocycles. The Balaban J connectivity index is 1.41. The lowest BCUT2D eigenvalue weighted by Crippen LogP contribution is -2.41. The summed E-state index contributed by atoms with van der Waals surface area (Å²) < 4.78 is 6.22. The van der Waals surface area contributed by atoms with Gasteiger partial charge in [-0.15, -0.1) is 0 Å². The van der Waals surface area contributed by atoms with Gasteiger partial charge >= 0.3 is 0 Å². The van der Waals surface area contributed by atoms with Gasteiger partial charge in [-0.25, -0.2) is 0 Å². The number of pyridine rings is 1. The molecule has 2 unspecified atom stereocenters. The molecule has 0 saturated carbocycles. The van der Waals surface area contributed by atoms with Crippen LogP contribution in [0.1, 0.15) is 52.0 Å². The molecule has 6 heteroatoms. The fraction of sp³-hybridized carbons (Fsp3) is 0.219. The maximum absolute atomic E-state index is 13.6. The van der Waals surface area contributed by atoms with Crippen molar-refractivity contribution in [1.82, 2.24) is 15.2 Å². The Bertz CT molecular complexity index is 1380. The molecular weight excluding hydrogens is 474 g/mol. The van der Waals surface area contributed by atoms with Gasteiger partial charge in [-0.3, -0.25) is 14.6 Å². The topological polar surface area (TPSA) is 71.5 Å². The van der Waals surface area contributed by atoms with E-state index in [4.69, 9.17) is 4.74 Å². The molecule has 1 aliphatic rings. The first-order chi connectivity index (χ1) is 18.6. The van der Waals surface area contributed by atoms with E-state index in [2.05, 4.69) is 28.5 Å². The van der Waals surface area contributed by atoms with E-state index < -0.39 is 6.10 Å². The van der Waals surface area contributed by atoms with Crippen molar-refractivity contribution >= 4 is 11.8 Å². The number of nitrogens with zero attached hydrogens (tertiary/aromatic N) is 2. The minimum absolute atomic E-state index is 0.00153. The Hall–Kier alpha value is -4.45. The Kier molecular flexibility index (Phi) is 7.78. The highest BCUT2D eigenvalue weighted by Crippen LogP contribution is 2.38. The number of nitrogens with one attached hydrogen (secondary N) is 1. The number of hydrogen-bond acceptors (Lipinski definition) is 4. The van der Waals surface area contributed by atoms with Gasteiger partial charge < -0.3 is 15.0 Å². The number of ether oxygens (including phenoxy) is 1. The van der Waals surface area contributed by atoms with E-state index in [1.165, 1.54) is 5.56 Å². The lowest BCUT2D eigenvalue weighted by molar-refractivity contribution is -0.128. The molecule has 0 bridgehead atoms. The predicted molar refractivity (Wildman–Crippen MR) is 147 cm³/mol. The van der Waals surface area contributed by atoms with Crippen molar-refractivity contribution in [2.24, 2.45) is 0 Å². The zero-order valence-electron chi connectivity index (χ0n) is 21.4. The van der Waals surface area contributed by atoms with Gasteiger partial charge in [0.05, 0.1) is 6.04 Å². The minimum atomic E-state index is -0.629. The maximum Gasteiger partial charge on any atom is 0.261 e. The molecule has 2 amide bonds.